The number of benzene rings is 3. The monoisotopic (exact) mass is 545 g/mol. The Morgan fingerprint density at radius 3 is 2.02 bits per heavy atom. The van der Waals surface area contributed by atoms with Gasteiger partial charge in [0.05, 0.1) is 7.11 Å². The Morgan fingerprint density at radius 1 is 0.975 bits per heavy atom. The summed E-state index contributed by atoms with van der Waals surface area (Å²) < 4.78 is 41.6. The summed E-state index contributed by atoms with van der Waals surface area (Å²) in [5.74, 6) is 0.289. The summed E-state index contributed by atoms with van der Waals surface area (Å²) in [5.41, 5.74) is -0.170. The molecule has 1 N–H and O–H groups in total. The average molecular weight is 546 g/mol. The van der Waals surface area contributed by atoms with E-state index in [0.717, 1.165) is 21.3 Å². The van der Waals surface area contributed by atoms with Gasteiger partial charge in [0.2, 0.25) is 0 Å². The zero-order chi connectivity index (χ0) is 28.3. The van der Waals surface area contributed by atoms with E-state index in [1.807, 2.05) is 84.9 Å². The number of nitrogens with zero attached hydrogens (tertiary/aromatic N) is 2. The topological polar surface area (TPSA) is 65.4 Å². The van der Waals surface area contributed by atoms with Gasteiger partial charge < -0.3 is 14.8 Å². The van der Waals surface area contributed by atoms with Crippen LogP contribution in [-0.4, -0.2) is 35.1 Å². The van der Waals surface area contributed by atoms with E-state index in [2.05, 4.69) is 10.3 Å². The lowest BCUT2D eigenvalue weighted by atomic mass is 9.77. The maximum atomic E-state index is 15.3. The highest BCUT2D eigenvalue weighted by Gasteiger charge is 2.53. The molecule has 1 aliphatic rings. The lowest BCUT2D eigenvalue weighted by molar-refractivity contribution is -0.102. The second-order valence-corrected chi connectivity index (χ2v) is 10.1. The van der Waals surface area contributed by atoms with E-state index in [-0.39, 0.29) is 0 Å². The van der Waals surface area contributed by atoms with Crippen LogP contribution in [0.4, 0.5) is 14.6 Å². The van der Waals surface area contributed by atoms with Crippen LogP contribution in [0.2, 0.25) is 0 Å². The number of methoxy groups -OCH3 is 1. The molecule has 0 amide bonds. The van der Waals surface area contributed by atoms with E-state index >= 15 is 4.39 Å². The van der Waals surface area contributed by atoms with Gasteiger partial charge in [-0.1, -0.05) is 86.6 Å². The van der Waals surface area contributed by atoms with Crippen molar-refractivity contribution in [1.82, 2.24) is 9.55 Å². The molecule has 1 saturated heterocycles. The van der Waals surface area contributed by atoms with Gasteiger partial charge in [-0.05, 0) is 41.3 Å². The predicted molar refractivity (Wildman–Crippen MR) is 151 cm³/mol. The molecule has 1 fully saturated rings. The first-order valence-electron chi connectivity index (χ1n) is 13.4. The first kappa shape index (κ1) is 27.5. The number of aromatic nitrogens is 2. The minimum absolute atomic E-state index is 0.290. The maximum Gasteiger partial charge on any atom is 0.351 e. The van der Waals surface area contributed by atoms with Gasteiger partial charge in [0.1, 0.15) is 29.4 Å². The van der Waals surface area contributed by atoms with Gasteiger partial charge in [0.25, 0.3) is 0 Å². The van der Waals surface area contributed by atoms with Crippen LogP contribution in [0.3, 0.4) is 0 Å². The van der Waals surface area contributed by atoms with Gasteiger partial charge in [-0.2, -0.15) is 4.98 Å². The molecule has 2 heterocycles. The van der Waals surface area contributed by atoms with Crippen molar-refractivity contribution in [2.75, 3.05) is 19.1 Å². The number of alkyl halides is 2. The van der Waals surface area contributed by atoms with E-state index in [9.17, 15) is 9.18 Å². The summed E-state index contributed by atoms with van der Waals surface area (Å²) in [6, 6.07) is 29.0. The zero-order valence-corrected chi connectivity index (χ0v) is 22.8. The third-order valence-electron chi connectivity index (χ3n) is 8.12. The van der Waals surface area contributed by atoms with Crippen molar-refractivity contribution >= 4 is 5.82 Å². The fourth-order valence-corrected chi connectivity index (χ4v) is 5.62. The average Bonchev–Trinajstić information content (AvgIpc) is 3.26. The zero-order valence-electron chi connectivity index (χ0n) is 22.8. The van der Waals surface area contributed by atoms with Crippen molar-refractivity contribution in [3.63, 3.8) is 0 Å². The fraction of sp³-hybridized carbons (Fsp3) is 0.312. The number of anilines is 1. The lowest BCUT2D eigenvalue weighted by Crippen LogP contribution is -2.40. The van der Waals surface area contributed by atoms with Crippen LogP contribution in [0.5, 0.6) is 5.75 Å². The second kappa shape index (κ2) is 11.2. The molecule has 5 rings (SSSR count). The number of ether oxygens (including phenoxy) is 2. The molecule has 0 saturated carbocycles. The summed E-state index contributed by atoms with van der Waals surface area (Å²) in [5, 5.41) is 3.54. The molecular weight excluding hydrogens is 512 g/mol. The van der Waals surface area contributed by atoms with Gasteiger partial charge >= 0.3 is 5.69 Å². The Hall–Kier alpha value is -4.04. The van der Waals surface area contributed by atoms with Gasteiger partial charge in [-0.3, -0.25) is 4.57 Å². The second-order valence-electron chi connectivity index (χ2n) is 10.1. The minimum Gasteiger partial charge on any atom is -0.497 e. The molecule has 1 aliphatic heterocycles. The Labute approximate surface area is 232 Å². The molecule has 0 radical (unpaired) electrons. The first-order chi connectivity index (χ1) is 19.4. The number of halogens is 2. The van der Waals surface area contributed by atoms with Crippen molar-refractivity contribution in [2.45, 2.75) is 43.8 Å². The Balaban J connectivity index is 1.61. The Bertz CT molecular complexity index is 1440. The highest BCUT2D eigenvalue weighted by molar-refractivity contribution is 5.58. The van der Waals surface area contributed by atoms with Crippen molar-refractivity contribution in [3.05, 3.63) is 124 Å². The van der Waals surface area contributed by atoms with Crippen molar-refractivity contribution in [2.24, 2.45) is 5.92 Å². The molecular formula is C32H33F2N3O3. The highest BCUT2D eigenvalue weighted by atomic mass is 19.1. The summed E-state index contributed by atoms with van der Waals surface area (Å²) >= 11 is 0. The molecule has 3 aromatic carbocycles. The van der Waals surface area contributed by atoms with Crippen LogP contribution in [0.15, 0.2) is 102 Å². The van der Waals surface area contributed by atoms with Crippen LogP contribution in [-0.2, 0) is 10.3 Å². The number of rotatable bonds is 9. The molecule has 0 aliphatic carbocycles. The minimum atomic E-state index is -1.55. The lowest BCUT2D eigenvalue weighted by Gasteiger charge is -2.37. The normalized spacial score (nSPS) is 22.7. The third-order valence-corrected chi connectivity index (χ3v) is 8.12. The van der Waals surface area contributed by atoms with Gasteiger partial charge in [-0.25, -0.2) is 13.6 Å². The number of nitrogens with one attached hydrogen (secondary N) is 1. The Kier molecular flexibility index (Phi) is 7.72. The van der Waals surface area contributed by atoms with E-state index in [0.29, 0.717) is 18.0 Å². The molecule has 4 atom stereocenters. The molecule has 0 spiro atoms. The number of hydrogen-bond acceptors (Lipinski definition) is 5. The first-order valence-corrected chi connectivity index (χ1v) is 13.4. The van der Waals surface area contributed by atoms with Crippen LogP contribution in [0.25, 0.3) is 0 Å². The molecule has 1 aromatic heterocycles. The van der Waals surface area contributed by atoms with Crippen LogP contribution >= 0.6 is 0 Å². The van der Waals surface area contributed by atoms with Crippen molar-refractivity contribution < 1.29 is 18.3 Å². The molecule has 0 unspecified atom stereocenters. The summed E-state index contributed by atoms with van der Waals surface area (Å²) in [6.45, 7) is 2.54. The van der Waals surface area contributed by atoms with Crippen LogP contribution < -0.4 is 15.7 Å². The molecule has 6 nitrogen and oxygen atoms in total. The molecule has 8 heteroatoms. The maximum absolute atomic E-state index is 15.3. The SMILES string of the molecule is CC[C@@]1(CF)O[C@@H](n2ccc(NC(c3ccccc3)(c3ccccc3)c3ccc(OC)cc3)nc2=O)[C@H](F)[C@@H]1C. The van der Waals surface area contributed by atoms with Gasteiger partial charge in [0.15, 0.2) is 12.4 Å². The molecule has 208 valence electrons. The standard InChI is InChI=1S/C32H33F2N3O3/c1-4-31(21-33)22(2)28(34)29(40-31)37-20-19-27(35-30(37)38)36-32(23-11-7-5-8-12-23,24-13-9-6-10-14-24)25-15-17-26(39-3)18-16-25/h5-20,22,28-29H,4,21H2,1-3H3,(H,35,36,38)/t22-,28+,29+,31-/m0/s1. The number of hydrogen-bond donors (Lipinski definition) is 1. The largest absolute Gasteiger partial charge is 0.497 e. The summed E-state index contributed by atoms with van der Waals surface area (Å²) in [7, 11) is 1.61. The molecule has 0 bridgehead atoms. The van der Waals surface area contributed by atoms with Crippen LogP contribution in [0.1, 0.15) is 43.2 Å². The summed E-state index contributed by atoms with van der Waals surface area (Å²) in [4.78, 5) is 17.6. The fourth-order valence-electron chi connectivity index (χ4n) is 5.62. The highest BCUT2D eigenvalue weighted by Crippen LogP contribution is 2.45. The van der Waals surface area contributed by atoms with Gasteiger partial charge in [0, 0.05) is 12.1 Å². The predicted octanol–water partition coefficient (Wildman–Crippen LogP) is 6.28. The van der Waals surface area contributed by atoms with E-state index < -0.39 is 41.8 Å². The van der Waals surface area contributed by atoms with Gasteiger partial charge in [-0.15, -0.1) is 0 Å². The van der Waals surface area contributed by atoms with Crippen LogP contribution in [0, 0.1) is 5.92 Å². The Morgan fingerprint density at radius 2 is 1.55 bits per heavy atom. The molecule has 4 aromatic rings. The molecule has 40 heavy (non-hydrogen) atoms. The summed E-state index contributed by atoms with van der Waals surface area (Å²) in [6.07, 6.45) is -1.06. The van der Waals surface area contributed by atoms with E-state index in [4.69, 9.17) is 9.47 Å². The quantitative estimate of drug-likeness (QED) is 0.251. The van der Waals surface area contributed by atoms with E-state index in [1.54, 1.807) is 27.0 Å². The third kappa shape index (κ3) is 4.66. The van der Waals surface area contributed by atoms with E-state index in [1.165, 1.54) is 6.20 Å². The van der Waals surface area contributed by atoms with Crippen molar-refractivity contribution in [1.29, 1.82) is 0 Å². The van der Waals surface area contributed by atoms with Crippen molar-refractivity contribution in [3.8, 4) is 5.75 Å². The smallest absolute Gasteiger partial charge is 0.351 e.